The number of nitrogens with two attached hydrogens (primary N) is 1. The van der Waals surface area contributed by atoms with E-state index in [1.54, 1.807) is 11.3 Å². The van der Waals surface area contributed by atoms with Gasteiger partial charge in [0, 0.05) is 22.0 Å². The first kappa shape index (κ1) is 13.4. The first-order valence-corrected chi connectivity index (χ1v) is 5.52. The quantitative estimate of drug-likeness (QED) is 0.894. The maximum absolute atomic E-state index is 8.62. The van der Waals surface area contributed by atoms with Gasteiger partial charge in [-0.25, -0.2) is 0 Å². The molecule has 0 aliphatic rings. The molecular weight excluding hydrogens is 274 g/mol. The summed E-state index contributed by atoms with van der Waals surface area (Å²) in [6.45, 7) is 0.219. The van der Waals surface area contributed by atoms with Gasteiger partial charge in [0.2, 0.25) is 0 Å². The second kappa shape index (κ2) is 6.79. The van der Waals surface area contributed by atoms with Crippen LogP contribution < -0.4 is 5.73 Å². The summed E-state index contributed by atoms with van der Waals surface area (Å²) < 4.78 is 1.08. The van der Waals surface area contributed by atoms with Crippen LogP contribution in [0.15, 0.2) is 15.9 Å². The normalized spacial score (nSPS) is 12.2. The second-order valence-electron chi connectivity index (χ2n) is 2.61. The van der Waals surface area contributed by atoms with E-state index in [9.17, 15) is 0 Å². The lowest BCUT2D eigenvalue weighted by Crippen LogP contribution is -2.09. The van der Waals surface area contributed by atoms with Gasteiger partial charge >= 0.3 is 0 Å². The Morgan fingerprint density at radius 2 is 2.31 bits per heavy atom. The van der Waals surface area contributed by atoms with E-state index in [2.05, 4.69) is 15.9 Å². The van der Waals surface area contributed by atoms with Crippen LogP contribution in [0.3, 0.4) is 0 Å². The molecule has 1 rings (SSSR count). The zero-order valence-corrected chi connectivity index (χ0v) is 10.3. The van der Waals surface area contributed by atoms with Gasteiger partial charge in [0.25, 0.3) is 0 Å². The molecule has 0 fully saturated rings. The molecule has 1 aromatic rings. The maximum atomic E-state index is 8.62. The number of hydrogen-bond acceptors (Lipinski definition) is 3. The van der Waals surface area contributed by atoms with Crippen molar-refractivity contribution in [2.75, 3.05) is 6.61 Å². The van der Waals surface area contributed by atoms with Gasteiger partial charge in [-0.15, -0.1) is 23.7 Å². The van der Waals surface area contributed by atoms with Crippen molar-refractivity contribution in [1.29, 1.82) is 0 Å². The third-order valence-electron chi connectivity index (χ3n) is 1.65. The fourth-order valence-corrected chi connectivity index (χ4v) is 2.72. The van der Waals surface area contributed by atoms with E-state index >= 15 is 0 Å². The van der Waals surface area contributed by atoms with Crippen LogP contribution in [0.5, 0.6) is 0 Å². The molecule has 13 heavy (non-hydrogen) atoms. The molecule has 0 spiro atoms. The summed E-state index contributed by atoms with van der Waals surface area (Å²) in [5.41, 5.74) is 5.90. The van der Waals surface area contributed by atoms with Crippen LogP contribution in [0.4, 0.5) is 0 Å². The molecule has 0 aromatic carbocycles. The fraction of sp³-hybridized carbons (Fsp3) is 0.500. The van der Waals surface area contributed by atoms with Gasteiger partial charge in [0.15, 0.2) is 0 Å². The summed E-state index contributed by atoms with van der Waals surface area (Å²) in [5.74, 6) is 0. The molecule has 1 atom stereocenters. The zero-order chi connectivity index (χ0) is 8.97. The van der Waals surface area contributed by atoms with Crippen LogP contribution in [0, 0.1) is 0 Å². The molecule has 0 radical (unpaired) electrons. The number of hydrogen-bond donors (Lipinski definition) is 2. The summed E-state index contributed by atoms with van der Waals surface area (Å²) in [6, 6.07) is 2.06. The maximum Gasteiger partial charge on any atom is 0.0431 e. The minimum Gasteiger partial charge on any atom is -0.396 e. The van der Waals surface area contributed by atoms with Gasteiger partial charge in [0.05, 0.1) is 0 Å². The van der Waals surface area contributed by atoms with Crippen LogP contribution in [-0.4, -0.2) is 11.7 Å². The van der Waals surface area contributed by atoms with E-state index in [1.807, 2.05) is 11.4 Å². The molecular formula is C8H13BrClNOS. The monoisotopic (exact) mass is 285 g/mol. The molecule has 3 N–H and O–H groups in total. The fourth-order valence-electron chi connectivity index (χ4n) is 1.01. The standard InChI is InChI=1S/C8H12BrNOS.ClH/c9-6-3-5-12-8(6)7(10)2-1-4-11;/h3,5,7,11H,1-2,4,10H2;1H/t7-;/m0./s1. The van der Waals surface area contributed by atoms with Crippen molar-refractivity contribution in [2.45, 2.75) is 18.9 Å². The Bertz CT molecular complexity index is 244. The van der Waals surface area contributed by atoms with Gasteiger partial charge in [0.1, 0.15) is 0 Å². The van der Waals surface area contributed by atoms with Crippen molar-refractivity contribution in [2.24, 2.45) is 5.73 Å². The highest BCUT2D eigenvalue weighted by Gasteiger charge is 2.10. The lowest BCUT2D eigenvalue weighted by atomic mass is 10.1. The minimum absolute atomic E-state index is 0. The van der Waals surface area contributed by atoms with E-state index in [4.69, 9.17) is 10.8 Å². The Morgan fingerprint density at radius 3 is 2.77 bits per heavy atom. The first-order valence-electron chi connectivity index (χ1n) is 3.85. The molecule has 1 heterocycles. The number of aliphatic hydroxyl groups excluding tert-OH is 1. The van der Waals surface area contributed by atoms with E-state index in [0.29, 0.717) is 0 Å². The topological polar surface area (TPSA) is 46.2 Å². The lowest BCUT2D eigenvalue weighted by Gasteiger charge is -2.08. The molecule has 0 bridgehead atoms. The molecule has 0 aliphatic carbocycles. The van der Waals surface area contributed by atoms with Crippen molar-refractivity contribution in [1.82, 2.24) is 0 Å². The summed E-state index contributed by atoms with van der Waals surface area (Å²) in [4.78, 5) is 1.17. The predicted octanol–water partition coefficient (Wildman–Crippen LogP) is 2.70. The van der Waals surface area contributed by atoms with Crippen molar-refractivity contribution >= 4 is 39.7 Å². The van der Waals surface area contributed by atoms with Crippen molar-refractivity contribution in [3.05, 3.63) is 20.8 Å². The summed E-state index contributed by atoms with van der Waals surface area (Å²) in [5, 5.41) is 10.6. The highest BCUT2D eigenvalue weighted by molar-refractivity contribution is 9.10. The predicted molar refractivity (Wildman–Crippen MR) is 62.5 cm³/mol. The molecule has 2 nitrogen and oxygen atoms in total. The average molecular weight is 287 g/mol. The van der Waals surface area contributed by atoms with Gasteiger partial charge in [-0.3, -0.25) is 0 Å². The molecule has 0 unspecified atom stereocenters. The van der Waals surface area contributed by atoms with Crippen LogP contribution >= 0.6 is 39.7 Å². The Balaban J connectivity index is 0.00000144. The Labute approximate surface area is 96.7 Å². The zero-order valence-electron chi connectivity index (χ0n) is 7.07. The first-order chi connectivity index (χ1) is 5.75. The average Bonchev–Trinajstić information content (AvgIpc) is 2.47. The summed E-state index contributed by atoms with van der Waals surface area (Å²) in [7, 11) is 0. The SMILES string of the molecule is Cl.N[C@@H](CCCO)c1sccc1Br. The number of halogens is 2. The Morgan fingerprint density at radius 1 is 1.62 bits per heavy atom. The molecule has 0 saturated carbocycles. The highest BCUT2D eigenvalue weighted by atomic mass is 79.9. The molecule has 1 aromatic heterocycles. The van der Waals surface area contributed by atoms with E-state index in [1.165, 1.54) is 4.88 Å². The van der Waals surface area contributed by atoms with Crippen LogP contribution in [0.1, 0.15) is 23.8 Å². The number of aliphatic hydroxyl groups is 1. The summed E-state index contributed by atoms with van der Waals surface area (Å²) in [6.07, 6.45) is 1.61. The molecule has 76 valence electrons. The second-order valence-corrected chi connectivity index (χ2v) is 4.41. The van der Waals surface area contributed by atoms with Crippen LogP contribution in [0.2, 0.25) is 0 Å². The van der Waals surface area contributed by atoms with Gasteiger partial charge in [-0.2, -0.15) is 0 Å². The highest BCUT2D eigenvalue weighted by Crippen LogP contribution is 2.29. The molecule has 5 heteroatoms. The molecule has 0 amide bonds. The summed E-state index contributed by atoms with van der Waals surface area (Å²) >= 11 is 5.08. The minimum atomic E-state index is 0. The van der Waals surface area contributed by atoms with Gasteiger partial charge in [-0.1, -0.05) is 0 Å². The number of thiophene rings is 1. The van der Waals surface area contributed by atoms with Gasteiger partial charge < -0.3 is 10.8 Å². The van der Waals surface area contributed by atoms with Crippen molar-refractivity contribution in [3.63, 3.8) is 0 Å². The largest absolute Gasteiger partial charge is 0.396 e. The van der Waals surface area contributed by atoms with E-state index in [-0.39, 0.29) is 25.1 Å². The van der Waals surface area contributed by atoms with Crippen molar-refractivity contribution < 1.29 is 5.11 Å². The van der Waals surface area contributed by atoms with Gasteiger partial charge in [-0.05, 0) is 40.2 Å². The van der Waals surface area contributed by atoms with E-state index < -0.39 is 0 Å². The van der Waals surface area contributed by atoms with Crippen molar-refractivity contribution in [3.8, 4) is 0 Å². The molecule has 0 aliphatic heterocycles. The third kappa shape index (κ3) is 3.95. The third-order valence-corrected chi connectivity index (χ3v) is 3.66. The smallest absolute Gasteiger partial charge is 0.0431 e. The molecule has 0 saturated heterocycles. The number of rotatable bonds is 4. The Hall–Kier alpha value is 0.390. The lowest BCUT2D eigenvalue weighted by molar-refractivity contribution is 0.280. The van der Waals surface area contributed by atoms with Crippen LogP contribution in [-0.2, 0) is 0 Å². The van der Waals surface area contributed by atoms with E-state index in [0.717, 1.165) is 17.3 Å². The Kier molecular flexibility index (Phi) is 6.99. The van der Waals surface area contributed by atoms with Crippen LogP contribution in [0.25, 0.3) is 0 Å².